The first kappa shape index (κ1) is 26.5. The van der Waals surface area contributed by atoms with E-state index in [1.807, 2.05) is 0 Å². The van der Waals surface area contributed by atoms with Crippen LogP contribution in [0.4, 0.5) is 4.79 Å². The van der Waals surface area contributed by atoms with Crippen LogP contribution in [0.1, 0.15) is 15.9 Å². The van der Waals surface area contributed by atoms with Gasteiger partial charge in [0.1, 0.15) is 24.7 Å². The molecule has 3 aromatic rings. The van der Waals surface area contributed by atoms with Crippen molar-refractivity contribution in [2.45, 2.75) is 6.61 Å². The Morgan fingerprint density at radius 3 is 2.65 bits per heavy atom. The maximum Gasteiger partial charge on any atom is 0.524 e. The lowest BCUT2D eigenvalue weighted by atomic mass is 10.1. The average molecular weight is 532 g/mol. The van der Waals surface area contributed by atoms with E-state index in [2.05, 4.69) is 19.5 Å². The van der Waals surface area contributed by atoms with E-state index in [9.17, 15) is 14.2 Å². The predicted molar refractivity (Wildman–Crippen MR) is 128 cm³/mol. The minimum Gasteiger partial charge on any atom is -0.488 e. The molecule has 1 aliphatic rings. The lowest BCUT2D eigenvalue weighted by Crippen LogP contribution is -2.38. The Balaban J connectivity index is 1.48. The number of morpholine rings is 1. The number of ether oxygens (including phenoxy) is 3. The van der Waals surface area contributed by atoms with Crippen molar-refractivity contribution in [3.05, 3.63) is 59.9 Å². The maximum atomic E-state index is 12.7. The van der Waals surface area contributed by atoms with Gasteiger partial charge in [0.2, 0.25) is 0 Å². The topological polar surface area (TPSA) is 163 Å². The number of pyridine rings is 1. The second kappa shape index (κ2) is 12.1. The van der Waals surface area contributed by atoms with Crippen molar-refractivity contribution in [3.8, 4) is 22.9 Å². The van der Waals surface area contributed by atoms with Gasteiger partial charge in [-0.25, -0.2) is 9.36 Å². The first-order valence-electron chi connectivity index (χ1n) is 11.3. The van der Waals surface area contributed by atoms with E-state index in [0.717, 1.165) is 17.8 Å². The Hall–Kier alpha value is -3.61. The van der Waals surface area contributed by atoms with Crippen LogP contribution in [0.3, 0.4) is 0 Å². The summed E-state index contributed by atoms with van der Waals surface area (Å²) in [6.07, 6.45) is 2.72. The second-order valence-electron chi connectivity index (χ2n) is 7.86. The van der Waals surface area contributed by atoms with Crippen molar-refractivity contribution in [1.29, 1.82) is 0 Å². The fourth-order valence-corrected chi connectivity index (χ4v) is 4.11. The molecule has 37 heavy (non-hydrogen) atoms. The maximum absolute atomic E-state index is 12.7. The van der Waals surface area contributed by atoms with Crippen molar-refractivity contribution in [1.82, 2.24) is 19.7 Å². The van der Waals surface area contributed by atoms with Crippen LogP contribution in [-0.4, -0.2) is 81.3 Å². The normalized spacial score (nSPS) is 14.2. The summed E-state index contributed by atoms with van der Waals surface area (Å²) < 4.78 is 33.4. The molecule has 0 radical (unpaired) electrons. The molecule has 0 amide bonds. The molecule has 14 heteroatoms. The molecule has 0 unspecified atom stereocenters. The number of rotatable bonds is 10. The molecule has 4 rings (SSSR count). The van der Waals surface area contributed by atoms with Crippen molar-refractivity contribution in [2.24, 2.45) is 0 Å². The first-order chi connectivity index (χ1) is 17.9. The molecule has 0 bridgehead atoms. The lowest BCUT2D eigenvalue weighted by molar-refractivity contribution is 0.0280. The molecule has 0 atom stereocenters. The Kier molecular flexibility index (Phi) is 8.64. The molecular weight excluding hydrogens is 507 g/mol. The van der Waals surface area contributed by atoms with Gasteiger partial charge < -0.3 is 18.7 Å². The Morgan fingerprint density at radius 1 is 1.11 bits per heavy atom. The van der Waals surface area contributed by atoms with Gasteiger partial charge in [0.05, 0.1) is 36.4 Å². The van der Waals surface area contributed by atoms with Crippen LogP contribution in [0.5, 0.6) is 11.5 Å². The number of carbonyl (C=O) groups is 2. The third-order valence-corrected chi connectivity index (χ3v) is 5.87. The zero-order valence-corrected chi connectivity index (χ0v) is 20.5. The van der Waals surface area contributed by atoms with Gasteiger partial charge >= 0.3 is 13.9 Å². The van der Waals surface area contributed by atoms with Gasteiger partial charge in [-0.05, 0) is 24.3 Å². The van der Waals surface area contributed by atoms with Crippen LogP contribution in [0.2, 0.25) is 0 Å². The zero-order chi connectivity index (χ0) is 26.3. The van der Waals surface area contributed by atoms with Crippen LogP contribution in [0, 0.1) is 0 Å². The highest BCUT2D eigenvalue weighted by Gasteiger charge is 2.22. The number of hydrogen-bond donors (Lipinski definition) is 2. The average Bonchev–Trinajstić information content (AvgIpc) is 3.37. The molecule has 2 N–H and O–H groups in total. The molecule has 196 valence electrons. The van der Waals surface area contributed by atoms with Crippen molar-refractivity contribution in [3.63, 3.8) is 0 Å². The second-order valence-corrected chi connectivity index (χ2v) is 9.03. The van der Waals surface area contributed by atoms with Gasteiger partial charge in [0.25, 0.3) is 0 Å². The molecular formula is C23H25N4O9P. The summed E-state index contributed by atoms with van der Waals surface area (Å²) in [5, 5.41) is 4.08. The lowest BCUT2D eigenvalue weighted by Gasteiger charge is -2.26. The van der Waals surface area contributed by atoms with Crippen LogP contribution in [0.25, 0.3) is 11.4 Å². The van der Waals surface area contributed by atoms with Gasteiger partial charge in [-0.1, -0.05) is 12.1 Å². The summed E-state index contributed by atoms with van der Waals surface area (Å²) >= 11 is 0. The molecule has 1 aliphatic heterocycles. The summed E-state index contributed by atoms with van der Waals surface area (Å²) in [5.41, 5.74) is 1.18. The smallest absolute Gasteiger partial charge is 0.488 e. The zero-order valence-electron chi connectivity index (χ0n) is 19.6. The highest BCUT2D eigenvalue weighted by Crippen LogP contribution is 2.41. The molecule has 2 aromatic heterocycles. The number of carbonyl (C=O) groups excluding carboxylic acids is 2. The van der Waals surface area contributed by atoms with E-state index in [1.54, 1.807) is 24.4 Å². The Bertz CT molecular complexity index is 1290. The van der Waals surface area contributed by atoms with Gasteiger partial charge in [0, 0.05) is 31.4 Å². The number of hydrogen-bond acceptors (Lipinski definition) is 10. The number of aromatic nitrogens is 3. The Morgan fingerprint density at radius 2 is 1.89 bits per heavy atom. The third kappa shape index (κ3) is 7.00. The van der Waals surface area contributed by atoms with Crippen molar-refractivity contribution in [2.75, 3.05) is 39.5 Å². The number of nitrogens with zero attached hydrogens (tertiary/aromatic N) is 4. The van der Waals surface area contributed by atoms with Gasteiger partial charge in [-0.15, -0.1) is 0 Å². The van der Waals surface area contributed by atoms with Crippen LogP contribution >= 0.6 is 7.82 Å². The number of benzene rings is 1. The van der Waals surface area contributed by atoms with Gasteiger partial charge in [-0.2, -0.15) is 9.78 Å². The molecule has 1 saturated heterocycles. The number of phosphoric ester groups is 1. The van der Waals surface area contributed by atoms with Gasteiger partial charge in [-0.3, -0.25) is 24.5 Å². The molecule has 1 fully saturated rings. The van der Waals surface area contributed by atoms with Crippen LogP contribution in [-0.2, 0) is 20.6 Å². The number of aldehydes is 1. The van der Waals surface area contributed by atoms with E-state index >= 15 is 0 Å². The number of phosphoric acid groups is 1. The van der Waals surface area contributed by atoms with Crippen LogP contribution in [0.15, 0.2) is 48.8 Å². The van der Waals surface area contributed by atoms with Crippen LogP contribution < -0.4 is 9.26 Å². The predicted octanol–water partition coefficient (Wildman–Crippen LogP) is 2.13. The van der Waals surface area contributed by atoms with E-state index in [1.165, 1.54) is 24.4 Å². The minimum atomic E-state index is -4.88. The summed E-state index contributed by atoms with van der Waals surface area (Å²) in [6.45, 7) is 3.55. The molecule has 0 saturated carbocycles. The standard InChI is InChI=1S/C23H25N4O9P/c28-15-18-20(4-1-5-21(18)36-37(30,31)32)35-16-17-3-2-7-24-22(17)19-6-8-25-27(19)23(29)34-14-11-26-9-12-33-13-10-26/h1-8,15H,9-14,16H2,(H2,30,31,32). The SMILES string of the molecule is O=Cc1c(OCc2cccnc2-c2ccnn2C(=O)OCCN2CCOCC2)cccc1OP(=O)(O)O. The summed E-state index contributed by atoms with van der Waals surface area (Å²) in [7, 11) is -4.88. The summed E-state index contributed by atoms with van der Waals surface area (Å²) in [6, 6.07) is 9.15. The largest absolute Gasteiger partial charge is 0.524 e. The molecule has 0 spiro atoms. The summed E-state index contributed by atoms with van der Waals surface area (Å²) in [4.78, 5) is 49.0. The third-order valence-electron chi connectivity index (χ3n) is 5.43. The Labute approximate surface area is 211 Å². The first-order valence-corrected chi connectivity index (χ1v) is 12.8. The molecule has 13 nitrogen and oxygen atoms in total. The van der Waals surface area contributed by atoms with E-state index < -0.39 is 13.9 Å². The minimum absolute atomic E-state index is 0.0479. The van der Waals surface area contributed by atoms with Gasteiger partial charge in [0.15, 0.2) is 6.29 Å². The highest BCUT2D eigenvalue weighted by atomic mass is 31.2. The van der Waals surface area contributed by atoms with Crippen molar-refractivity contribution >= 4 is 20.2 Å². The van der Waals surface area contributed by atoms with E-state index in [-0.39, 0.29) is 30.3 Å². The van der Waals surface area contributed by atoms with E-state index in [0.29, 0.717) is 43.0 Å². The highest BCUT2D eigenvalue weighted by molar-refractivity contribution is 7.46. The summed E-state index contributed by atoms with van der Waals surface area (Å²) in [5.74, 6) is -0.267. The fraction of sp³-hybridized carbons (Fsp3) is 0.304. The quantitative estimate of drug-likeness (QED) is 0.289. The molecule has 0 aliphatic carbocycles. The molecule has 1 aromatic carbocycles. The van der Waals surface area contributed by atoms with E-state index in [4.69, 9.17) is 24.0 Å². The molecule has 3 heterocycles. The monoisotopic (exact) mass is 532 g/mol. The van der Waals surface area contributed by atoms with Crippen molar-refractivity contribution < 1.29 is 42.7 Å². The fourth-order valence-electron chi connectivity index (χ4n) is 3.69.